The Bertz CT molecular complexity index is 812. The van der Waals surface area contributed by atoms with E-state index in [1.165, 1.54) is 68.2 Å². The number of aryl methyl sites for hydroxylation is 1. The molecule has 4 fully saturated rings. The first kappa shape index (κ1) is 21.7. The Labute approximate surface area is 195 Å². The van der Waals surface area contributed by atoms with Gasteiger partial charge in [0.25, 0.3) is 0 Å². The van der Waals surface area contributed by atoms with Gasteiger partial charge in [-0.15, -0.1) is 11.3 Å². The number of carbonyl (C=O) groups excluding carboxylic acids is 1. The van der Waals surface area contributed by atoms with Crippen molar-refractivity contribution in [2.75, 3.05) is 18.5 Å². The molecule has 6 heteroatoms. The zero-order chi connectivity index (χ0) is 21.4. The number of thiocarbonyl (C=S) groups is 1. The molecule has 0 aliphatic heterocycles. The molecule has 0 amide bonds. The molecule has 170 valence electrons. The van der Waals surface area contributed by atoms with Crippen molar-refractivity contribution >= 4 is 39.6 Å². The summed E-state index contributed by atoms with van der Waals surface area (Å²) in [7, 11) is 0. The molecular weight excluding hydrogens is 424 g/mol. The highest BCUT2D eigenvalue weighted by Gasteiger charge is 2.50. The molecule has 5 aliphatic rings. The summed E-state index contributed by atoms with van der Waals surface area (Å²) in [5, 5.41) is 8.53. The number of nitrogens with one attached hydrogen (secondary N) is 2. The van der Waals surface area contributed by atoms with Gasteiger partial charge in [0.1, 0.15) is 5.00 Å². The lowest BCUT2D eigenvalue weighted by molar-refractivity contribution is -0.0490. The lowest BCUT2D eigenvalue weighted by Crippen LogP contribution is -2.51. The van der Waals surface area contributed by atoms with Gasteiger partial charge in [-0.1, -0.05) is 12.8 Å². The molecule has 31 heavy (non-hydrogen) atoms. The number of carbonyl (C=O) groups is 1. The minimum absolute atomic E-state index is 0.202. The van der Waals surface area contributed by atoms with Gasteiger partial charge in [0.2, 0.25) is 0 Å². The summed E-state index contributed by atoms with van der Waals surface area (Å²) in [6, 6.07) is 0. The summed E-state index contributed by atoms with van der Waals surface area (Å²) in [6.07, 6.45) is 15.4. The van der Waals surface area contributed by atoms with Crippen molar-refractivity contribution in [3.63, 3.8) is 0 Å². The zero-order valence-corrected chi connectivity index (χ0v) is 20.4. The molecule has 0 saturated heterocycles. The molecule has 6 rings (SSSR count). The molecule has 1 aromatic heterocycles. The first-order valence-electron chi connectivity index (χ1n) is 12.4. The summed E-state index contributed by atoms with van der Waals surface area (Å²) in [5.41, 5.74) is 2.38. The quantitative estimate of drug-likeness (QED) is 0.411. The number of fused-ring (bicyclic) bond motifs is 1. The highest BCUT2D eigenvalue weighted by atomic mass is 32.1. The highest BCUT2D eigenvalue weighted by molar-refractivity contribution is 7.80. The Hall–Kier alpha value is -1.14. The normalized spacial score (nSPS) is 31.5. The van der Waals surface area contributed by atoms with E-state index in [-0.39, 0.29) is 5.97 Å². The van der Waals surface area contributed by atoms with E-state index in [1.807, 2.05) is 6.92 Å². The van der Waals surface area contributed by atoms with Crippen molar-refractivity contribution in [3.05, 3.63) is 16.0 Å². The van der Waals surface area contributed by atoms with E-state index in [1.54, 1.807) is 11.3 Å². The lowest BCUT2D eigenvalue weighted by atomic mass is 9.49. The van der Waals surface area contributed by atoms with Crippen LogP contribution in [0.2, 0.25) is 0 Å². The minimum atomic E-state index is -0.202. The second-order valence-corrected chi connectivity index (χ2v) is 12.1. The number of esters is 1. The third kappa shape index (κ3) is 4.52. The van der Waals surface area contributed by atoms with Gasteiger partial charge in [0.15, 0.2) is 5.11 Å². The molecule has 4 saturated carbocycles. The molecular formula is C25H36N2O2S2. The van der Waals surface area contributed by atoms with Gasteiger partial charge in [-0.25, -0.2) is 4.79 Å². The molecule has 2 N–H and O–H groups in total. The number of hydrogen-bond donors (Lipinski definition) is 2. The van der Waals surface area contributed by atoms with Gasteiger partial charge in [-0.2, -0.15) is 0 Å². The Balaban J connectivity index is 1.29. The second kappa shape index (κ2) is 9.01. The number of hydrogen-bond acceptors (Lipinski definition) is 4. The standard InChI is InChI=1S/C25H36N2O2S2/c1-2-29-23(28)21-19-7-5-3-4-6-8-20(19)31-22(21)27-24(30)26-15-25-12-16-9-17(13-25)11-18(10-16)14-25/h16-18H,2-15H2,1H3,(H2,26,27,30). The lowest BCUT2D eigenvalue weighted by Gasteiger charge is -2.57. The summed E-state index contributed by atoms with van der Waals surface area (Å²) in [5.74, 6) is 2.64. The van der Waals surface area contributed by atoms with Crippen LogP contribution in [0.1, 0.15) is 91.9 Å². The van der Waals surface area contributed by atoms with E-state index in [2.05, 4.69) is 10.6 Å². The maximum absolute atomic E-state index is 12.8. The molecule has 0 radical (unpaired) electrons. The van der Waals surface area contributed by atoms with Crippen LogP contribution in [-0.2, 0) is 17.6 Å². The smallest absolute Gasteiger partial charge is 0.341 e. The van der Waals surface area contributed by atoms with Gasteiger partial charge in [0.05, 0.1) is 12.2 Å². The van der Waals surface area contributed by atoms with Crippen LogP contribution in [0, 0.1) is 23.2 Å². The van der Waals surface area contributed by atoms with Crippen LogP contribution >= 0.6 is 23.6 Å². The molecule has 4 nitrogen and oxygen atoms in total. The van der Waals surface area contributed by atoms with Crippen molar-refractivity contribution < 1.29 is 9.53 Å². The van der Waals surface area contributed by atoms with E-state index in [0.29, 0.717) is 17.1 Å². The number of anilines is 1. The third-order valence-corrected chi connectivity index (χ3v) is 9.62. The van der Waals surface area contributed by atoms with Crippen LogP contribution < -0.4 is 10.6 Å². The predicted octanol–water partition coefficient (Wildman–Crippen LogP) is 6.09. The van der Waals surface area contributed by atoms with Crippen LogP contribution in [0.15, 0.2) is 0 Å². The number of rotatable bonds is 5. The van der Waals surface area contributed by atoms with Gasteiger partial charge in [0, 0.05) is 11.4 Å². The predicted molar refractivity (Wildman–Crippen MR) is 131 cm³/mol. The monoisotopic (exact) mass is 460 g/mol. The number of ether oxygens (including phenoxy) is 1. The first-order chi connectivity index (χ1) is 15.0. The molecule has 4 bridgehead atoms. The fourth-order valence-electron chi connectivity index (χ4n) is 7.35. The van der Waals surface area contributed by atoms with E-state index in [0.717, 1.165) is 54.1 Å². The van der Waals surface area contributed by atoms with E-state index in [9.17, 15) is 4.79 Å². The molecule has 1 heterocycles. The first-order valence-corrected chi connectivity index (χ1v) is 13.6. The Morgan fingerprint density at radius 2 is 1.71 bits per heavy atom. The molecule has 0 atom stereocenters. The van der Waals surface area contributed by atoms with Crippen LogP contribution in [-0.4, -0.2) is 24.2 Å². The maximum Gasteiger partial charge on any atom is 0.341 e. The fraction of sp³-hybridized carbons (Fsp3) is 0.760. The average Bonchev–Trinajstić information content (AvgIpc) is 3.02. The topological polar surface area (TPSA) is 50.4 Å². The highest BCUT2D eigenvalue weighted by Crippen LogP contribution is 2.59. The molecule has 1 aromatic rings. The number of thiophene rings is 1. The average molecular weight is 461 g/mol. The SMILES string of the molecule is CCOC(=O)c1c(NC(=S)NCC23CC4CC(CC(C4)C2)C3)sc2c1CCCCCC2. The van der Waals surface area contributed by atoms with Gasteiger partial charge in [-0.05, 0) is 112 Å². The van der Waals surface area contributed by atoms with Gasteiger partial charge in [-0.3, -0.25) is 0 Å². The van der Waals surface area contributed by atoms with Crippen LogP contribution in [0.25, 0.3) is 0 Å². The third-order valence-electron chi connectivity index (χ3n) is 8.17. The maximum atomic E-state index is 12.8. The second-order valence-electron chi connectivity index (χ2n) is 10.6. The minimum Gasteiger partial charge on any atom is -0.462 e. The van der Waals surface area contributed by atoms with Crippen LogP contribution in [0.4, 0.5) is 5.00 Å². The van der Waals surface area contributed by atoms with E-state index < -0.39 is 0 Å². The molecule has 0 spiro atoms. The van der Waals surface area contributed by atoms with Crippen LogP contribution in [0.3, 0.4) is 0 Å². The summed E-state index contributed by atoms with van der Waals surface area (Å²) >= 11 is 7.44. The van der Waals surface area contributed by atoms with Crippen molar-refractivity contribution in [1.29, 1.82) is 0 Å². The van der Waals surface area contributed by atoms with Crippen LogP contribution in [0.5, 0.6) is 0 Å². The van der Waals surface area contributed by atoms with Crippen molar-refractivity contribution in [2.24, 2.45) is 23.2 Å². The Kier molecular flexibility index (Phi) is 6.31. The fourth-order valence-corrected chi connectivity index (χ4v) is 8.87. The van der Waals surface area contributed by atoms with Gasteiger partial charge >= 0.3 is 5.97 Å². The van der Waals surface area contributed by atoms with Crippen molar-refractivity contribution in [1.82, 2.24) is 5.32 Å². The molecule has 0 unspecified atom stereocenters. The van der Waals surface area contributed by atoms with Crippen molar-refractivity contribution in [3.8, 4) is 0 Å². The van der Waals surface area contributed by atoms with Gasteiger partial charge < -0.3 is 15.4 Å². The summed E-state index contributed by atoms with van der Waals surface area (Å²) in [6.45, 7) is 3.25. The van der Waals surface area contributed by atoms with E-state index >= 15 is 0 Å². The van der Waals surface area contributed by atoms with E-state index in [4.69, 9.17) is 17.0 Å². The Morgan fingerprint density at radius 1 is 1.06 bits per heavy atom. The summed E-state index contributed by atoms with van der Waals surface area (Å²) < 4.78 is 5.44. The zero-order valence-electron chi connectivity index (χ0n) is 18.8. The summed E-state index contributed by atoms with van der Waals surface area (Å²) in [4.78, 5) is 14.2. The largest absolute Gasteiger partial charge is 0.462 e. The molecule has 0 aromatic carbocycles. The molecule has 5 aliphatic carbocycles. The van der Waals surface area contributed by atoms with Crippen molar-refractivity contribution in [2.45, 2.75) is 84.0 Å². The Morgan fingerprint density at radius 3 is 2.35 bits per heavy atom.